The summed E-state index contributed by atoms with van der Waals surface area (Å²) in [6, 6.07) is 8.76. The van der Waals surface area contributed by atoms with Crippen LogP contribution in [0.2, 0.25) is 0 Å². The molecule has 0 spiro atoms. The van der Waals surface area contributed by atoms with Gasteiger partial charge in [-0.2, -0.15) is 0 Å². The third-order valence-corrected chi connectivity index (χ3v) is 5.44. The number of ether oxygens (including phenoxy) is 1. The fourth-order valence-electron chi connectivity index (χ4n) is 3.01. The maximum absolute atomic E-state index is 5.94. The molecule has 1 N–H and O–H groups in total. The lowest BCUT2D eigenvalue weighted by atomic mass is 9.97. The van der Waals surface area contributed by atoms with Crippen LogP contribution in [0.5, 0.6) is 0 Å². The van der Waals surface area contributed by atoms with Crippen molar-refractivity contribution in [2.45, 2.75) is 30.1 Å². The largest absolute Gasteiger partial charge is 0.381 e. The molecule has 1 aromatic rings. The molecule has 2 nitrogen and oxygen atoms in total. The van der Waals surface area contributed by atoms with Crippen LogP contribution in [-0.4, -0.2) is 32.1 Å². The molecule has 2 aliphatic rings. The number of nitrogens with one attached hydrogen (secondary N) is 1. The Bertz CT molecular complexity index is 403. The van der Waals surface area contributed by atoms with Crippen LogP contribution in [-0.2, 0) is 4.74 Å². The number of fused-ring (bicyclic) bond motifs is 1. The van der Waals surface area contributed by atoms with E-state index in [9.17, 15) is 0 Å². The lowest BCUT2D eigenvalue weighted by Gasteiger charge is -2.22. The third-order valence-electron chi connectivity index (χ3n) is 4.19. The Balaban J connectivity index is 1.39. The highest BCUT2D eigenvalue weighted by atomic mass is 32.2. The van der Waals surface area contributed by atoms with Gasteiger partial charge in [-0.1, -0.05) is 18.2 Å². The van der Waals surface area contributed by atoms with Gasteiger partial charge in [0.1, 0.15) is 0 Å². The van der Waals surface area contributed by atoms with Gasteiger partial charge in [0.25, 0.3) is 0 Å². The van der Waals surface area contributed by atoms with Gasteiger partial charge in [0, 0.05) is 23.2 Å². The molecule has 1 saturated heterocycles. The van der Waals surface area contributed by atoms with E-state index >= 15 is 0 Å². The second kappa shape index (κ2) is 6.78. The Labute approximate surface area is 120 Å². The molecule has 2 heterocycles. The highest BCUT2D eigenvalue weighted by Gasteiger charge is 2.22. The van der Waals surface area contributed by atoms with Gasteiger partial charge in [-0.15, -0.1) is 11.8 Å². The van der Waals surface area contributed by atoms with Gasteiger partial charge in [-0.25, -0.2) is 0 Å². The van der Waals surface area contributed by atoms with Crippen molar-refractivity contribution in [3.63, 3.8) is 0 Å². The van der Waals surface area contributed by atoms with Crippen LogP contribution in [0.1, 0.15) is 30.7 Å². The summed E-state index contributed by atoms with van der Waals surface area (Å²) in [5.74, 6) is 2.62. The average Bonchev–Trinajstić information content (AvgIpc) is 2.88. The first kappa shape index (κ1) is 13.5. The van der Waals surface area contributed by atoms with Crippen molar-refractivity contribution < 1.29 is 4.74 Å². The van der Waals surface area contributed by atoms with Crippen LogP contribution in [0.3, 0.4) is 0 Å². The molecule has 19 heavy (non-hydrogen) atoms. The molecule has 0 aliphatic carbocycles. The Morgan fingerprint density at radius 1 is 1.32 bits per heavy atom. The number of piperidine rings is 1. The maximum atomic E-state index is 5.94. The molecule has 1 aromatic carbocycles. The van der Waals surface area contributed by atoms with Crippen molar-refractivity contribution >= 4 is 11.8 Å². The zero-order chi connectivity index (χ0) is 12.9. The molecular weight excluding hydrogens is 254 g/mol. The third kappa shape index (κ3) is 3.53. The van der Waals surface area contributed by atoms with Gasteiger partial charge in [-0.3, -0.25) is 0 Å². The van der Waals surface area contributed by atoms with Gasteiger partial charge >= 0.3 is 0 Å². The standard InChI is InChI=1S/C16H23NOS/c1-2-6-16-15(5-1)14(12-19-16)11-18-9-7-13-4-3-8-17-10-13/h1-2,5-6,13-14,17H,3-4,7-12H2. The summed E-state index contributed by atoms with van der Waals surface area (Å²) in [4.78, 5) is 1.45. The minimum absolute atomic E-state index is 0.602. The Hall–Kier alpha value is -0.510. The van der Waals surface area contributed by atoms with E-state index in [1.54, 1.807) is 0 Å². The predicted octanol–water partition coefficient (Wildman–Crippen LogP) is 3.28. The topological polar surface area (TPSA) is 21.3 Å². The van der Waals surface area contributed by atoms with Crippen molar-refractivity contribution in [1.29, 1.82) is 0 Å². The molecule has 0 amide bonds. The molecule has 2 aliphatic heterocycles. The molecule has 3 rings (SSSR count). The van der Waals surface area contributed by atoms with Crippen molar-refractivity contribution in [3.05, 3.63) is 29.8 Å². The molecule has 0 radical (unpaired) electrons. The SMILES string of the molecule is c1ccc2c(c1)SCC2COCCC1CCCNC1. The molecule has 0 bridgehead atoms. The molecule has 0 aromatic heterocycles. The minimum Gasteiger partial charge on any atom is -0.381 e. The summed E-state index contributed by atoms with van der Waals surface area (Å²) in [6.45, 7) is 4.21. The van der Waals surface area contributed by atoms with Crippen LogP contribution in [0.4, 0.5) is 0 Å². The van der Waals surface area contributed by atoms with E-state index in [-0.39, 0.29) is 0 Å². The quantitative estimate of drug-likeness (QED) is 0.835. The summed E-state index contributed by atoms with van der Waals surface area (Å²) < 4.78 is 5.94. The number of hydrogen-bond donors (Lipinski definition) is 1. The summed E-state index contributed by atoms with van der Waals surface area (Å²) in [7, 11) is 0. The van der Waals surface area contributed by atoms with Crippen molar-refractivity contribution in [3.8, 4) is 0 Å². The lowest BCUT2D eigenvalue weighted by molar-refractivity contribution is 0.107. The normalized spacial score (nSPS) is 26.3. The summed E-state index contributed by atoms with van der Waals surface area (Å²) >= 11 is 1.97. The van der Waals surface area contributed by atoms with E-state index in [4.69, 9.17) is 4.74 Å². The van der Waals surface area contributed by atoms with Gasteiger partial charge in [0.05, 0.1) is 6.61 Å². The second-order valence-corrected chi connectivity index (χ2v) is 6.68. The van der Waals surface area contributed by atoms with Crippen molar-refractivity contribution in [1.82, 2.24) is 5.32 Å². The monoisotopic (exact) mass is 277 g/mol. The second-order valence-electron chi connectivity index (χ2n) is 5.62. The maximum Gasteiger partial charge on any atom is 0.0543 e. The van der Waals surface area contributed by atoms with Crippen LogP contribution in [0.25, 0.3) is 0 Å². The Morgan fingerprint density at radius 2 is 2.26 bits per heavy atom. The fraction of sp³-hybridized carbons (Fsp3) is 0.625. The zero-order valence-corrected chi connectivity index (χ0v) is 12.3. The Morgan fingerprint density at radius 3 is 3.16 bits per heavy atom. The van der Waals surface area contributed by atoms with Crippen LogP contribution < -0.4 is 5.32 Å². The molecule has 0 saturated carbocycles. The van der Waals surface area contributed by atoms with Gasteiger partial charge in [0.15, 0.2) is 0 Å². The fourth-order valence-corrected chi connectivity index (χ4v) is 4.25. The number of benzene rings is 1. The van der Waals surface area contributed by atoms with Gasteiger partial charge in [-0.05, 0) is 49.9 Å². The first-order valence-corrected chi connectivity index (χ1v) is 8.42. The van der Waals surface area contributed by atoms with E-state index < -0.39 is 0 Å². The van der Waals surface area contributed by atoms with E-state index in [0.717, 1.165) is 19.1 Å². The van der Waals surface area contributed by atoms with Crippen LogP contribution >= 0.6 is 11.8 Å². The van der Waals surface area contributed by atoms with Gasteiger partial charge < -0.3 is 10.1 Å². The summed E-state index contributed by atoms with van der Waals surface area (Å²) in [5.41, 5.74) is 1.49. The molecule has 1 fully saturated rings. The van der Waals surface area contributed by atoms with Gasteiger partial charge in [0.2, 0.25) is 0 Å². The van der Waals surface area contributed by atoms with Crippen molar-refractivity contribution in [2.24, 2.45) is 5.92 Å². The van der Waals surface area contributed by atoms with Crippen LogP contribution in [0, 0.1) is 5.92 Å². The van der Waals surface area contributed by atoms with E-state index in [1.165, 1.54) is 48.6 Å². The smallest absolute Gasteiger partial charge is 0.0543 e. The molecule has 104 valence electrons. The average molecular weight is 277 g/mol. The number of hydrogen-bond acceptors (Lipinski definition) is 3. The predicted molar refractivity (Wildman–Crippen MR) is 80.9 cm³/mol. The number of rotatable bonds is 5. The van der Waals surface area contributed by atoms with E-state index in [2.05, 4.69) is 29.6 Å². The summed E-state index contributed by atoms with van der Waals surface area (Å²) in [6.07, 6.45) is 3.92. The zero-order valence-electron chi connectivity index (χ0n) is 11.4. The molecule has 2 atom stereocenters. The minimum atomic E-state index is 0.602. The lowest BCUT2D eigenvalue weighted by Crippen LogP contribution is -2.30. The highest BCUT2D eigenvalue weighted by molar-refractivity contribution is 7.99. The Kier molecular flexibility index (Phi) is 4.81. The van der Waals surface area contributed by atoms with E-state index in [1.807, 2.05) is 11.8 Å². The van der Waals surface area contributed by atoms with Crippen molar-refractivity contribution in [2.75, 3.05) is 32.1 Å². The first-order valence-electron chi connectivity index (χ1n) is 7.43. The molecule has 2 unspecified atom stereocenters. The molecular formula is C16H23NOS. The van der Waals surface area contributed by atoms with Crippen LogP contribution in [0.15, 0.2) is 29.2 Å². The highest BCUT2D eigenvalue weighted by Crippen LogP contribution is 2.39. The van der Waals surface area contributed by atoms with E-state index in [0.29, 0.717) is 5.92 Å². The first-order chi connectivity index (χ1) is 9.43. The molecule has 3 heteroatoms. The summed E-state index contributed by atoms with van der Waals surface area (Å²) in [5, 5.41) is 3.47. The number of thioether (sulfide) groups is 1.